The third-order valence-corrected chi connectivity index (χ3v) is 8.54. The molecule has 2 aromatic rings. The maximum Gasteiger partial charge on any atom is 0.346 e. The molecule has 0 amide bonds. The first-order valence-corrected chi connectivity index (χ1v) is 12.5. The number of carbonyl (C=O) groups is 3. The number of ether oxygens (including phenoxy) is 3. The zero-order valence-corrected chi connectivity index (χ0v) is 21.7. The highest BCUT2D eigenvalue weighted by Gasteiger charge is 2.40. The van der Waals surface area contributed by atoms with Crippen molar-refractivity contribution in [1.29, 1.82) is 0 Å². The summed E-state index contributed by atoms with van der Waals surface area (Å²) < 4.78 is 16.0. The largest absolute Gasteiger partial charge is 0.465 e. The number of carbonyl (C=O) groups excluding carboxylic acids is 3. The lowest BCUT2D eigenvalue weighted by atomic mass is 9.85. The van der Waals surface area contributed by atoms with Crippen molar-refractivity contribution in [2.24, 2.45) is 0 Å². The Balaban J connectivity index is 1.78. The molecule has 0 saturated carbocycles. The second-order valence-corrected chi connectivity index (χ2v) is 10.8. The average molecular weight is 528 g/mol. The van der Waals surface area contributed by atoms with Gasteiger partial charge in [-0.1, -0.05) is 53.9 Å². The summed E-state index contributed by atoms with van der Waals surface area (Å²) in [6.07, 6.45) is 0. The van der Waals surface area contributed by atoms with Crippen LogP contribution in [0.2, 0.25) is 0 Å². The predicted octanol–water partition coefficient (Wildman–Crippen LogP) is 5.19. The summed E-state index contributed by atoms with van der Waals surface area (Å²) in [7, 11) is 2.50. The van der Waals surface area contributed by atoms with Crippen LogP contribution in [0.3, 0.4) is 0 Å². The number of thioether (sulfide) groups is 2. The van der Waals surface area contributed by atoms with Crippen LogP contribution in [0.25, 0.3) is 5.57 Å². The Morgan fingerprint density at radius 3 is 2.06 bits per heavy atom. The monoisotopic (exact) mass is 527 g/mol. The minimum absolute atomic E-state index is 0.138. The van der Waals surface area contributed by atoms with Gasteiger partial charge < -0.3 is 19.5 Å². The fourth-order valence-corrected chi connectivity index (χ4v) is 6.52. The van der Waals surface area contributed by atoms with Crippen molar-refractivity contribution in [3.63, 3.8) is 0 Å². The van der Waals surface area contributed by atoms with E-state index >= 15 is 0 Å². The van der Waals surface area contributed by atoms with Gasteiger partial charge in [-0.25, -0.2) is 14.4 Å². The Labute approximate surface area is 216 Å². The SMILES string of the molecule is COC(=O)C1=C(C(=O)OC)SC(=C2C(=S)C(C)(C)Nc3ccc(OC(=O)c4ccccc4)cc32)S1. The lowest BCUT2D eigenvalue weighted by Gasteiger charge is -2.37. The molecule has 0 aliphatic carbocycles. The number of hydrogen-bond acceptors (Lipinski definition) is 10. The van der Waals surface area contributed by atoms with Crippen molar-refractivity contribution in [1.82, 2.24) is 0 Å². The summed E-state index contributed by atoms with van der Waals surface area (Å²) in [6, 6.07) is 13.9. The molecule has 180 valence electrons. The zero-order valence-electron chi connectivity index (χ0n) is 19.3. The van der Waals surface area contributed by atoms with E-state index in [1.165, 1.54) is 14.2 Å². The number of benzene rings is 2. The van der Waals surface area contributed by atoms with Crippen molar-refractivity contribution in [3.05, 3.63) is 73.7 Å². The molecule has 0 unspecified atom stereocenters. The van der Waals surface area contributed by atoms with Crippen molar-refractivity contribution < 1.29 is 28.6 Å². The predicted molar refractivity (Wildman–Crippen MR) is 141 cm³/mol. The summed E-state index contributed by atoms with van der Waals surface area (Å²) >= 11 is 8.06. The average Bonchev–Trinajstić information content (AvgIpc) is 3.29. The fourth-order valence-electron chi connectivity index (χ4n) is 3.53. The summed E-state index contributed by atoms with van der Waals surface area (Å²) in [5.74, 6) is -1.42. The molecule has 0 saturated heterocycles. The van der Waals surface area contributed by atoms with Crippen LogP contribution in [0.5, 0.6) is 5.75 Å². The van der Waals surface area contributed by atoms with Crippen LogP contribution >= 0.6 is 35.7 Å². The molecule has 2 aliphatic heterocycles. The van der Waals surface area contributed by atoms with Crippen LogP contribution < -0.4 is 10.1 Å². The number of esters is 3. The van der Waals surface area contributed by atoms with Crippen LogP contribution in [-0.4, -0.2) is 42.5 Å². The Hall–Kier alpha value is -3.08. The molecule has 1 N–H and O–H groups in total. The topological polar surface area (TPSA) is 90.9 Å². The van der Waals surface area contributed by atoms with Gasteiger partial charge in [-0.05, 0) is 44.2 Å². The van der Waals surface area contributed by atoms with Crippen LogP contribution in [0, 0.1) is 0 Å². The molecule has 0 atom stereocenters. The molecule has 2 aromatic carbocycles. The van der Waals surface area contributed by atoms with E-state index in [9.17, 15) is 14.4 Å². The van der Waals surface area contributed by atoms with Crippen molar-refractivity contribution in [3.8, 4) is 5.75 Å². The highest BCUT2D eigenvalue weighted by molar-refractivity contribution is 8.29. The first kappa shape index (κ1) is 25.0. The molecule has 35 heavy (non-hydrogen) atoms. The molecule has 4 rings (SSSR count). The molecule has 0 bridgehead atoms. The van der Waals surface area contributed by atoms with Gasteiger partial charge in [-0.15, -0.1) is 0 Å². The number of rotatable bonds is 4. The highest BCUT2D eigenvalue weighted by atomic mass is 32.2. The smallest absolute Gasteiger partial charge is 0.346 e. The zero-order chi connectivity index (χ0) is 25.3. The molecule has 0 fully saturated rings. The molecule has 2 heterocycles. The van der Waals surface area contributed by atoms with Crippen LogP contribution in [0.4, 0.5) is 5.69 Å². The van der Waals surface area contributed by atoms with E-state index in [0.29, 0.717) is 31.6 Å². The molecule has 7 nitrogen and oxygen atoms in total. The second-order valence-electron chi connectivity index (χ2n) is 8.05. The maximum absolute atomic E-state index is 12.6. The Morgan fingerprint density at radius 2 is 1.49 bits per heavy atom. The molecule has 0 radical (unpaired) electrons. The summed E-state index contributed by atoms with van der Waals surface area (Å²) in [4.78, 5) is 38.2. The molecule has 2 aliphatic rings. The first-order chi connectivity index (χ1) is 16.7. The number of anilines is 1. The van der Waals surface area contributed by atoms with Crippen LogP contribution in [0.15, 0.2) is 62.6 Å². The van der Waals surface area contributed by atoms with E-state index < -0.39 is 23.4 Å². The van der Waals surface area contributed by atoms with Gasteiger partial charge in [0.15, 0.2) is 0 Å². The lowest BCUT2D eigenvalue weighted by Crippen LogP contribution is -2.43. The van der Waals surface area contributed by atoms with Gasteiger partial charge in [-0.3, -0.25) is 0 Å². The number of hydrogen-bond donors (Lipinski definition) is 1. The Morgan fingerprint density at radius 1 is 0.886 bits per heavy atom. The van der Waals surface area contributed by atoms with Crippen molar-refractivity contribution in [2.45, 2.75) is 19.4 Å². The third kappa shape index (κ3) is 4.86. The number of thiocarbonyl (C=S) groups is 1. The van der Waals surface area contributed by atoms with Gasteiger partial charge in [0.2, 0.25) is 0 Å². The normalized spacial score (nSPS) is 16.4. The fraction of sp³-hybridized carbons (Fsp3) is 0.200. The summed E-state index contributed by atoms with van der Waals surface area (Å²) in [6.45, 7) is 3.89. The second kappa shape index (κ2) is 9.88. The highest BCUT2D eigenvalue weighted by Crippen LogP contribution is 2.55. The minimum atomic E-state index is -0.636. The minimum Gasteiger partial charge on any atom is -0.465 e. The number of methoxy groups -OCH3 is 2. The van der Waals surface area contributed by atoms with Crippen molar-refractivity contribution in [2.75, 3.05) is 19.5 Å². The quantitative estimate of drug-likeness (QED) is 0.248. The van der Waals surface area contributed by atoms with E-state index in [2.05, 4.69) is 5.32 Å². The molecule has 0 spiro atoms. The van der Waals surface area contributed by atoms with Gasteiger partial charge in [0, 0.05) is 21.7 Å². The summed E-state index contributed by atoms with van der Waals surface area (Å²) in [5, 5.41) is 3.41. The van der Waals surface area contributed by atoms with Gasteiger partial charge in [-0.2, -0.15) is 0 Å². The van der Waals surface area contributed by atoms with E-state index in [-0.39, 0.29) is 9.81 Å². The van der Waals surface area contributed by atoms with Gasteiger partial charge in [0.05, 0.1) is 29.6 Å². The summed E-state index contributed by atoms with van der Waals surface area (Å²) in [5.41, 5.74) is 1.98. The number of nitrogens with one attached hydrogen (secondary N) is 1. The van der Waals surface area contributed by atoms with E-state index in [1.807, 2.05) is 26.0 Å². The first-order valence-electron chi connectivity index (χ1n) is 10.4. The maximum atomic E-state index is 12.6. The standard InChI is InChI=1S/C25H21NO6S3/c1-25(2)20(33)17(24-34-18(22(28)30-3)19(35-24)23(29)31-4)15-12-14(10-11-16(15)26-25)32-21(27)13-8-6-5-7-9-13/h5-12,26H,1-4H3. The molecule has 0 aromatic heterocycles. The van der Waals surface area contributed by atoms with Gasteiger partial charge in [0.25, 0.3) is 0 Å². The number of fused-ring (bicyclic) bond motifs is 1. The Bertz CT molecular complexity index is 1280. The van der Waals surface area contributed by atoms with E-state index in [0.717, 1.165) is 29.2 Å². The molecular weight excluding hydrogens is 506 g/mol. The van der Waals surface area contributed by atoms with Crippen molar-refractivity contribution >= 4 is 69.8 Å². The van der Waals surface area contributed by atoms with Crippen LogP contribution in [-0.2, 0) is 19.1 Å². The van der Waals surface area contributed by atoms with E-state index in [4.69, 9.17) is 26.4 Å². The lowest BCUT2D eigenvalue weighted by molar-refractivity contribution is -0.138. The Kier molecular flexibility index (Phi) is 7.07. The molecule has 10 heteroatoms. The van der Waals surface area contributed by atoms with Gasteiger partial charge >= 0.3 is 17.9 Å². The van der Waals surface area contributed by atoms with E-state index in [1.54, 1.807) is 36.4 Å². The molecular formula is C25H21NO6S3. The van der Waals surface area contributed by atoms with Crippen LogP contribution in [0.1, 0.15) is 29.8 Å². The third-order valence-electron chi connectivity index (χ3n) is 5.26. The van der Waals surface area contributed by atoms with Gasteiger partial charge in [0.1, 0.15) is 15.6 Å².